The molecule has 2 aromatic rings. The van der Waals surface area contributed by atoms with Crippen molar-refractivity contribution < 1.29 is 0 Å². The van der Waals surface area contributed by atoms with Crippen LogP contribution in [0.3, 0.4) is 0 Å². The van der Waals surface area contributed by atoms with Gasteiger partial charge in [0.15, 0.2) is 0 Å². The SMILES string of the molecule is CCc1cccc(-c2cc(Br)n(C)n2)c1. The summed E-state index contributed by atoms with van der Waals surface area (Å²) in [4.78, 5) is 0. The van der Waals surface area contributed by atoms with Crippen LogP contribution < -0.4 is 0 Å². The van der Waals surface area contributed by atoms with Gasteiger partial charge in [0.05, 0.1) is 5.69 Å². The molecule has 2 rings (SSSR count). The highest BCUT2D eigenvalue weighted by Gasteiger charge is 2.04. The van der Waals surface area contributed by atoms with E-state index in [0.29, 0.717) is 0 Å². The number of aryl methyl sites for hydroxylation is 2. The lowest BCUT2D eigenvalue weighted by Crippen LogP contribution is -1.90. The van der Waals surface area contributed by atoms with E-state index in [2.05, 4.69) is 52.2 Å². The van der Waals surface area contributed by atoms with E-state index >= 15 is 0 Å². The molecular weight excluding hydrogens is 252 g/mol. The molecular formula is C12H13BrN2. The third-order valence-corrected chi connectivity index (χ3v) is 3.20. The summed E-state index contributed by atoms with van der Waals surface area (Å²) >= 11 is 3.45. The van der Waals surface area contributed by atoms with Gasteiger partial charge in [0.25, 0.3) is 0 Å². The highest BCUT2D eigenvalue weighted by Crippen LogP contribution is 2.22. The quantitative estimate of drug-likeness (QED) is 0.813. The largest absolute Gasteiger partial charge is 0.261 e. The van der Waals surface area contributed by atoms with Crippen molar-refractivity contribution in [2.45, 2.75) is 13.3 Å². The Bertz CT molecular complexity index is 455. The molecule has 0 aliphatic carbocycles. The van der Waals surface area contributed by atoms with Crippen LogP contribution in [-0.4, -0.2) is 9.78 Å². The molecule has 0 saturated heterocycles. The Hall–Kier alpha value is -1.09. The average Bonchev–Trinajstić information content (AvgIpc) is 2.59. The molecule has 0 fully saturated rings. The predicted molar refractivity (Wildman–Crippen MR) is 65.7 cm³/mol. The standard InChI is InChI=1S/C12H13BrN2/c1-3-9-5-4-6-10(7-9)11-8-12(13)15(2)14-11/h4-8H,3H2,1-2H3. The molecule has 0 atom stereocenters. The molecule has 0 aliphatic rings. The van der Waals surface area contributed by atoms with E-state index in [-0.39, 0.29) is 0 Å². The lowest BCUT2D eigenvalue weighted by atomic mass is 10.1. The van der Waals surface area contributed by atoms with Crippen LogP contribution in [-0.2, 0) is 13.5 Å². The summed E-state index contributed by atoms with van der Waals surface area (Å²) in [5.74, 6) is 0. The lowest BCUT2D eigenvalue weighted by Gasteiger charge is -1.99. The Morgan fingerprint density at radius 2 is 2.13 bits per heavy atom. The van der Waals surface area contributed by atoms with Crippen LogP contribution in [0.4, 0.5) is 0 Å². The molecule has 1 aromatic carbocycles. The molecule has 0 bridgehead atoms. The predicted octanol–water partition coefficient (Wildman–Crippen LogP) is 3.41. The van der Waals surface area contributed by atoms with Crippen molar-refractivity contribution in [3.05, 3.63) is 40.5 Å². The fourth-order valence-corrected chi connectivity index (χ4v) is 1.83. The zero-order valence-electron chi connectivity index (χ0n) is 8.87. The average molecular weight is 265 g/mol. The maximum Gasteiger partial charge on any atom is 0.104 e. The maximum atomic E-state index is 4.43. The van der Waals surface area contributed by atoms with Gasteiger partial charge in [-0.2, -0.15) is 5.10 Å². The smallest absolute Gasteiger partial charge is 0.104 e. The Morgan fingerprint density at radius 1 is 1.33 bits per heavy atom. The van der Waals surface area contributed by atoms with Crippen LogP contribution >= 0.6 is 15.9 Å². The van der Waals surface area contributed by atoms with Crippen molar-refractivity contribution in [2.24, 2.45) is 7.05 Å². The number of hydrogen-bond acceptors (Lipinski definition) is 1. The topological polar surface area (TPSA) is 17.8 Å². The first-order chi connectivity index (χ1) is 7.20. The second kappa shape index (κ2) is 4.19. The summed E-state index contributed by atoms with van der Waals surface area (Å²) in [5.41, 5.74) is 3.53. The minimum absolute atomic E-state index is 0.999. The first-order valence-corrected chi connectivity index (χ1v) is 5.79. The Labute approximate surface area is 98.1 Å². The van der Waals surface area contributed by atoms with Gasteiger partial charge in [-0.1, -0.05) is 25.1 Å². The molecule has 0 amide bonds. The summed E-state index contributed by atoms with van der Waals surface area (Å²) < 4.78 is 2.83. The Balaban J connectivity index is 2.44. The van der Waals surface area contributed by atoms with Gasteiger partial charge in [0.2, 0.25) is 0 Å². The Kier molecular flexibility index (Phi) is 2.91. The monoisotopic (exact) mass is 264 g/mol. The minimum atomic E-state index is 0.999. The zero-order valence-corrected chi connectivity index (χ0v) is 10.5. The van der Waals surface area contributed by atoms with Crippen LogP contribution in [0, 0.1) is 0 Å². The number of nitrogens with zero attached hydrogens (tertiary/aromatic N) is 2. The minimum Gasteiger partial charge on any atom is -0.261 e. The van der Waals surface area contributed by atoms with Gasteiger partial charge in [-0.15, -0.1) is 0 Å². The van der Waals surface area contributed by atoms with E-state index in [1.807, 2.05) is 17.8 Å². The first kappa shape index (κ1) is 10.4. The number of benzene rings is 1. The molecule has 0 spiro atoms. The second-order valence-electron chi connectivity index (χ2n) is 3.53. The fourth-order valence-electron chi connectivity index (χ4n) is 1.54. The van der Waals surface area contributed by atoms with Crippen LogP contribution in [0.25, 0.3) is 11.3 Å². The third-order valence-electron chi connectivity index (χ3n) is 2.45. The number of halogens is 1. The first-order valence-electron chi connectivity index (χ1n) is 4.99. The van der Waals surface area contributed by atoms with Gasteiger partial charge in [-0.25, -0.2) is 0 Å². The molecule has 78 valence electrons. The second-order valence-corrected chi connectivity index (χ2v) is 4.34. The molecule has 0 radical (unpaired) electrons. The van der Waals surface area contributed by atoms with Gasteiger partial charge in [0, 0.05) is 12.6 Å². The van der Waals surface area contributed by atoms with Crippen molar-refractivity contribution in [1.82, 2.24) is 9.78 Å². The molecule has 1 heterocycles. The van der Waals surface area contributed by atoms with Gasteiger partial charge in [0.1, 0.15) is 4.60 Å². The highest BCUT2D eigenvalue weighted by atomic mass is 79.9. The van der Waals surface area contributed by atoms with E-state index < -0.39 is 0 Å². The van der Waals surface area contributed by atoms with E-state index in [4.69, 9.17) is 0 Å². The number of hydrogen-bond donors (Lipinski definition) is 0. The molecule has 0 N–H and O–H groups in total. The van der Waals surface area contributed by atoms with Crippen molar-refractivity contribution in [1.29, 1.82) is 0 Å². The van der Waals surface area contributed by atoms with Crippen LogP contribution in [0.15, 0.2) is 34.9 Å². The van der Waals surface area contributed by atoms with Crippen LogP contribution in [0.5, 0.6) is 0 Å². The van der Waals surface area contributed by atoms with E-state index in [1.165, 1.54) is 11.1 Å². The summed E-state index contributed by atoms with van der Waals surface area (Å²) in [6.07, 6.45) is 1.06. The highest BCUT2D eigenvalue weighted by molar-refractivity contribution is 9.10. The van der Waals surface area contributed by atoms with Crippen LogP contribution in [0.1, 0.15) is 12.5 Å². The maximum absolute atomic E-state index is 4.43. The van der Waals surface area contributed by atoms with Gasteiger partial charge < -0.3 is 0 Å². The molecule has 2 nitrogen and oxygen atoms in total. The normalized spacial score (nSPS) is 10.6. The van der Waals surface area contributed by atoms with Crippen LogP contribution in [0.2, 0.25) is 0 Å². The summed E-state index contributed by atoms with van der Waals surface area (Å²) in [7, 11) is 1.93. The van der Waals surface area contributed by atoms with Gasteiger partial charge >= 0.3 is 0 Å². The molecule has 0 aliphatic heterocycles. The van der Waals surface area contributed by atoms with Crippen molar-refractivity contribution >= 4 is 15.9 Å². The Morgan fingerprint density at radius 3 is 2.73 bits per heavy atom. The summed E-state index contributed by atoms with van der Waals surface area (Å²) in [6.45, 7) is 2.16. The number of rotatable bonds is 2. The van der Waals surface area contributed by atoms with Crippen molar-refractivity contribution in [3.8, 4) is 11.3 Å². The molecule has 1 aromatic heterocycles. The van der Waals surface area contributed by atoms with Gasteiger partial charge in [-0.3, -0.25) is 4.68 Å². The summed E-state index contributed by atoms with van der Waals surface area (Å²) in [5, 5.41) is 4.43. The molecule has 15 heavy (non-hydrogen) atoms. The summed E-state index contributed by atoms with van der Waals surface area (Å²) in [6, 6.07) is 10.5. The van der Waals surface area contributed by atoms with Crippen molar-refractivity contribution in [2.75, 3.05) is 0 Å². The molecule has 0 saturated carbocycles. The number of aromatic nitrogens is 2. The van der Waals surface area contributed by atoms with E-state index in [1.54, 1.807) is 0 Å². The van der Waals surface area contributed by atoms with E-state index in [9.17, 15) is 0 Å². The molecule has 0 unspecified atom stereocenters. The lowest BCUT2D eigenvalue weighted by molar-refractivity contribution is 0.752. The van der Waals surface area contributed by atoms with Gasteiger partial charge in [-0.05, 0) is 40.0 Å². The fraction of sp³-hybridized carbons (Fsp3) is 0.250. The zero-order chi connectivity index (χ0) is 10.8. The van der Waals surface area contributed by atoms with E-state index in [0.717, 1.165) is 16.7 Å². The third kappa shape index (κ3) is 2.12. The van der Waals surface area contributed by atoms with Crippen molar-refractivity contribution in [3.63, 3.8) is 0 Å². The molecule has 3 heteroatoms.